The molecule has 2 rings (SSSR count). The second kappa shape index (κ2) is 7.02. The largest absolute Gasteiger partial charge is 0.392 e. The van der Waals surface area contributed by atoms with E-state index in [0.29, 0.717) is 32.9 Å². The zero-order valence-corrected chi connectivity index (χ0v) is 13.4. The Balaban J connectivity index is 2.09. The van der Waals surface area contributed by atoms with Gasteiger partial charge in [0.1, 0.15) is 0 Å². The molecule has 1 atom stereocenters. The Morgan fingerprint density at radius 3 is 2.25 bits per heavy atom. The molecule has 106 valence electrons. The van der Waals surface area contributed by atoms with Crippen LogP contribution in [0.3, 0.4) is 0 Å². The quantitative estimate of drug-likeness (QED) is 0.778. The third kappa shape index (κ3) is 4.03. The second-order valence-electron chi connectivity index (χ2n) is 4.51. The van der Waals surface area contributed by atoms with E-state index in [2.05, 4.69) is 0 Å². The molecule has 0 spiro atoms. The van der Waals surface area contributed by atoms with Crippen molar-refractivity contribution in [1.82, 2.24) is 0 Å². The zero-order valence-electron chi connectivity index (χ0n) is 10.4. The summed E-state index contributed by atoms with van der Waals surface area (Å²) in [5.74, 6) is 0. The molecule has 0 heterocycles. The number of benzene rings is 2. The van der Waals surface area contributed by atoms with Crippen LogP contribution in [-0.2, 0) is 12.8 Å². The summed E-state index contributed by atoms with van der Waals surface area (Å²) < 4.78 is 0. The SMILES string of the molecule is OC(Cc1ccc(Cl)cc1Cl)Cc1cccc(Cl)c1Cl. The molecule has 2 aromatic rings. The number of aliphatic hydroxyl groups is 1. The Hall–Kier alpha value is -0.440. The van der Waals surface area contributed by atoms with Crippen LogP contribution in [0, 0.1) is 0 Å². The number of hydrogen-bond donors (Lipinski definition) is 1. The maximum Gasteiger partial charge on any atom is 0.0625 e. The van der Waals surface area contributed by atoms with Crippen LogP contribution >= 0.6 is 46.4 Å². The Morgan fingerprint density at radius 2 is 1.55 bits per heavy atom. The molecule has 0 fully saturated rings. The predicted octanol–water partition coefficient (Wildman–Crippen LogP) is 5.45. The lowest BCUT2D eigenvalue weighted by Gasteiger charge is -2.13. The highest BCUT2D eigenvalue weighted by molar-refractivity contribution is 6.42. The van der Waals surface area contributed by atoms with Crippen LogP contribution in [0.5, 0.6) is 0 Å². The maximum atomic E-state index is 10.2. The van der Waals surface area contributed by atoms with Gasteiger partial charge in [0.15, 0.2) is 0 Å². The first-order valence-electron chi connectivity index (χ1n) is 6.02. The fourth-order valence-corrected chi connectivity index (χ4v) is 2.86. The number of rotatable bonds is 4. The molecule has 20 heavy (non-hydrogen) atoms. The minimum absolute atomic E-state index is 0.415. The summed E-state index contributed by atoms with van der Waals surface area (Å²) in [4.78, 5) is 0. The fraction of sp³-hybridized carbons (Fsp3) is 0.200. The van der Waals surface area contributed by atoms with E-state index in [-0.39, 0.29) is 0 Å². The first kappa shape index (κ1) is 15.9. The Labute approximate surface area is 138 Å². The van der Waals surface area contributed by atoms with Crippen molar-refractivity contribution in [3.05, 3.63) is 67.6 Å². The van der Waals surface area contributed by atoms with E-state index in [0.717, 1.165) is 11.1 Å². The average Bonchev–Trinajstić information content (AvgIpc) is 2.38. The van der Waals surface area contributed by atoms with E-state index in [1.165, 1.54) is 0 Å². The molecule has 1 unspecified atom stereocenters. The summed E-state index contributed by atoms with van der Waals surface area (Å²) in [6.07, 6.45) is 0.252. The zero-order chi connectivity index (χ0) is 14.7. The first-order valence-corrected chi connectivity index (χ1v) is 7.53. The molecule has 0 aliphatic heterocycles. The summed E-state index contributed by atoms with van der Waals surface area (Å²) in [7, 11) is 0. The van der Waals surface area contributed by atoms with Gasteiger partial charge in [0.05, 0.1) is 16.1 Å². The lowest BCUT2D eigenvalue weighted by atomic mass is 10.0. The van der Waals surface area contributed by atoms with E-state index in [1.54, 1.807) is 18.2 Å². The van der Waals surface area contributed by atoms with Crippen molar-refractivity contribution in [3.8, 4) is 0 Å². The molecule has 2 aromatic carbocycles. The van der Waals surface area contributed by atoms with Gasteiger partial charge in [0, 0.05) is 22.9 Å². The van der Waals surface area contributed by atoms with Crippen LogP contribution < -0.4 is 0 Å². The first-order chi connectivity index (χ1) is 9.47. The summed E-state index contributed by atoms with van der Waals surface area (Å²) in [5.41, 5.74) is 1.67. The Morgan fingerprint density at radius 1 is 0.850 bits per heavy atom. The van der Waals surface area contributed by atoms with Crippen LogP contribution in [0.25, 0.3) is 0 Å². The van der Waals surface area contributed by atoms with Crippen LogP contribution in [0.2, 0.25) is 20.1 Å². The number of halogens is 4. The molecule has 0 aromatic heterocycles. The summed E-state index contributed by atoms with van der Waals surface area (Å²) in [6.45, 7) is 0. The van der Waals surface area contributed by atoms with Crippen molar-refractivity contribution < 1.29 is 5.11 Å². The number of aliphatic hydroxyl groups excluding tert-OH is 1. The molecule has 0 saturated heterocycles. The van der Waals surface area contributed by atoms with Crippen molar-refractivity contribution >= 4 is 46.4 Å². The standard InChI is InChI=1S/C15H12Cl4O/c16-11-5-4-9(14(18)8-11)6-12(20)7-10-2-1-3-13(17)15(10)19/h1-5,8,12,20H,6-7H2. The van der Waals surface area contributed by atoms with Gasteiger partial charge in [-0.15, -0.1) is 0 Å². The van der Waals surface area contributed by atoms with Crippen LogP contribution in [0.1, 0.15) is 11.1 Å². The minimum atomic E-state index is -0.593. The topological polar surface area (TPSA) is 20.2 Å². The van der Waals surface area contributed by atoms with Crippen molar-refractivity contribution in [3.63, 3.8) is 0 Å². The van der Waals surface area contributed by atoms with E-state index < -0.39 is 6.10 Å². The fourth-order valence-electron chi connectivity index (χ4n) is 1.97. The third-order valence-electron chi connectivity index (χ3n) is 2.96. The lowest BCUT2D eigenvalue weighted by molar-refractivity contribution is 0.175. The van der Waals surface area contributed by atoms with Gasteiger partial charge in [-0.05, 0) is 29.3 Å². The predicted molar refractivity (Wildman–Crippen MR) is 86.3 cm³/mol. The van der Waals surface area contributed by atoms with E-state index >= 15 is 0 Å². The molecule has 0 aliphatic carbocycles. The molecule has 1 N–H and O–H groups in total. The highest BCUT2D eigenvalue weighted by Gasteiger charge is 2.13. The van der Waals surface area contributed by atoms with Crippen molar-refractivity contribution in [1.29, 1.82) is 0 Å². The molecule has 5 heteroatoms. The van der Waals surface area contributed by atoms with Gasteiger partial charge in [-0.3, -0.25) is 0 Å². The summed E-state index contributed by atoms with van der Waals surface area (Å²) in [6, 6.07) is 10.6. The lowest BCUT2D eigenvalue weighted by Crippen LogP contribution is -2.14. The highest BCUT2D eigenvalue weighted by atomic mass is 35.5. The molecular formula is C15H12Cl4O. The third-order valence-corrected chi connectivity index (χ3v) is 4.40. The monoisotopic (exact) mass is 348 g/mol. The van der Waals surface area contributed by atoms with Gasteiger partial charge >= 0.3 is 0 Å². The van der Waals surface area contributed by atoms with E-state index in [1.807, 2.05) is 18.2 Å². The average molecular weight is 350 g/mol. The van der Waals surface area contributed by atoms with Crippen molar-refractivity contribution in [2.24, 2.45) is 0 Å². The van der Waals surface area contributed by atoms with Gasteiger partial charge in [0.2, 0.25) is 0 Å². The van der Waals surface area contributed by atoms with Crippen LogP contribution in [0.15, 0.2) is 36.4 Å². The van der Waals surface area contributed by atoms with E-state index in [9.17, 15) is 5.11 Å². The normalized spacial score (nSPS) is 12.4. The van der Waals surface area contributed by atoms with Crippen LogP contribution in [-0.4, -0.2) is 11.2 Å². The van der Waals surface area contributed by atoms with Crippen molar-refractivity contribution in [2.75, 3.05) is 0 Å². The molecular weight excluding hydrogens is 338 g/mol. The molecule has 1 nitrogen and oxygen atoms in total. The van der Waals surface area contributed by atoms with Gasteiger partial charge in [-0.25, -0.2) is 0 Å². The molecule has 0 bridgehead atoms. The Bertz CT molecular complexity index is 613. The molecule has 0 aliphatic rings. The van der Waals surface area contributed by atoms with Gasteiger partial charge in [-0.1, -0.05) is 64.6 Å². The second-order valence-corrected chi connectivity index (χ2v) is 6.14. The van der Waals surface area contributed by atoms with Gasteiger partial charge in [0.25, 0.3) is 0 Å². The van der Waals surface area contributed by atoms with Gasteiger partial charge < -0.3 is 5.11 Å². The minimum Gasteiger partial charge on any atom is -0.392 e. The molecule has 0 amide bonds. The molecule has 0 radical (unpaired) electrons. The van der Waals surface area contributed by atoms with Gasteiger partial charge in [-0.2, -0.15) is 0 Å². The smallest absolute Gasteiger partial charge is 0.0625 e. The van der Waals surface area contributed by atoms with Crippen molar-refractivity contribution in [2.45, 2.75) is 18.9 Å². The highest BCUT2D eigenvalue weighted by Crippen LogP contribution is 2.28. The van der Waals surface area contributed by atoms with Crippen LogP contribution in [0.4, 0.5) is 0 Å². The summed E-state index contributed by atoms with van der Waals surface area (Å²) in [5, 5.41) is 12.3. The van der Waals surface area contributed by atoms with E-state index in [4.69, 9.17) is 46.4 Å². The Kier molecular flexibility index (Phi) is 5.59. The number of hydrogen-bond acceptors (Lipinski definition) is 1. The maximum absolute atomic E-state index is 10.2. The molecule has 0 saturated carbocycles. The summed E-state index contributed by atoms with van der Waals surface area (Å²) >= 11 is 24.0.